The van der Waals surface area contributed by atoms with Gasteiger partial charge in [-0.05, 0) is 18.1 Å². The number of hydrogen-bond donors (Lipinski definition) is 0. The van der Waals surface area contributed by atoms with E-state index in [0.717, 1.165) is 12.0 Å². The van der Waals surface area contributed by atoms with Gasteiger partial charge in [-0.1, -0.05) is 11.2 Å². The van der Waals surface area contributed by atoms with E-state index in [9.17, 15) is 9.59 Å². The van der Waals surface area contributed by atoms with Crippen LogP contribution >= 0.6 is 0 Å². The van der Waals surface area contributed by atoms with E-state index in [1.807, 2.05) is 17.0 Å². The lowest BCUT2D eigenvalue weighted by Gasteiger charge is -2.25. The average molecular weight is 312 g/mol. The summed E-state index contributed by atoms with van der Waals surface area (Å²) in [6.45, 7) is 1.17. The lowest BCUT2D eigenvalue weighted by molar-refractivity contribution is -0.129. The first-order chi connectivity index (χ1) is 11.2. The molecule has 118 valence electrons. The van der Waals surface area contributed by atoms with Crippen LogP contribution in [0.1, 0.15) is 29.0 Å². The van der Waals surface area contributed by atoms with Crippen LogP contribution in [0.4, 0.5) is 0 Å². The van der Waals surface area contributed by atoms with Crippen LogP contribution in [-0.2, 0) is 11.3 Å². The van der Waals surface area contributed by atoms with Gasteiger partial charge < -0.3 is 14.3 Å². The Labute approximate surface area is 132 Å². The van der Waals surface area contributed by atoms with Crippen molar-refractivity contribution in [2.45, 2.75) is 31.5 Å². The maximum atomic E-state index is 12.5. The van der Waals surface area contributed by atoms with Crippen LogP contribution in [0.5, 0.6) is 0 Å². The Kier molecular flexibility index (Phi) is 3.33. The number of aromatic nitrogens is 2. The minimum absolute atomic E-state index is 0.0644. The number of hydrogen-bond acceptors (Lipinski definition) is 5. The molecule has 2 aromatic rings. The zero-order valence-electron chi connectivity index (χ0n) is 12.5. The predicted molar refractivity (Wildman–Crippen MR) is 79.1 cm³/mol. The Morgan fingerprint density at radius 2 is 2.22 bits per heavy atom. The van der Waals surface area contributed by atoms with Crippen molar-refractivity contribution in [1.29, 1.82) is 0 Å². The van der Waals surface area contributed by atoms with Crippen LogP contribution in [-0.4, -0.2) is 50.4 Å². The van der Waals surface area contributed by atoms with Gasteiger partial charge in [0, 0.05) is 38.0 Å². The average Bonchev–Trinajstić information content (AvgIpc) is 3.27. The molecule has 2 atom stereocenters. The molecule has 2 saturated heterocycles. The molecule has 2 amide bonds. The van der Waals surface area contributed by atoms with Crippen molar-refractivity contribution in [2.75, 3.05) is 6.54 Å². The van der Waals surface area contributed by atoms with Crippen molar-refractivity contribution in [1.82, 2.24) is 19.9 Å². The van der Waals surface area contributed by atoms with Gasteiger partial charge in [-0.3, -0.25) is 14.6 Å². The molecule has 0 spiro atoms. The van der Waals surface area contributed by atoms with E-state index in [1.165, 1.54) is 6.20 Å². The van der Waals surface area contributed by atoms with Gasteiger partial charge in [-0.15, -0.1) is 0 Å². The zero-order chi connectivity index (χ0) is 15.8. The molecular weight excluding hydrogens is 296 g/mol. The highest BCUT2D eigenvalue weighted by Crippen LogP contribution is 2.34. The highest BCUT2D eigenvalue weighted by atomic mass is 16.5. The lowest BCUT2D eigenvalue weighted by atomic mass is 10.1. The molecule has 7 nitrogen and oxygen atoms in total. The summed E-state index contributed by atoms with van der Waals surface area (Å²) in [5.74, 6) is 0.119. The summed E-state index contributed by atoms with van der Waals surface area (Å²) < 4.78 is 4.96. The van der Waals surface area contributed by atoms with E-state index < -0.39 is 0 Å². The summed E-state index contributed by atoms with van der Waals surface area (Å²) in [5, 5.41) is 3.58. The van der Waals surface area contributed by atoms with Crippen molar-refractivity contribution in [3.8, 4) is 0 Å². The third-order valence-corrected chi connectivity index (χ3v) is 4.60. The second-order valence-electron chi connectivity index (χ2n) is 5.89. The van der Waals surface area contributed by atoms with E-state index >= 15 is 0 Å². The quantitative estimate of drug-likeness (QED) is 0.847. The number of nitrogens with zero attached hydrogens (tertiary/aromatic N) is 4. The van der Waals surface area contributed by atoms with E-state index in [2.05, 4.69) is 10.1 Å². The molecule has 2 aliphatic rings. The van der Waals surface area contributed by atoms with E-state index in [0.29, 0.717) is 19.5 Å². The molecule has 0 aromatic carbocycles. The Bertz CT molecular complexity index is 716. The van der Waals surface area contributed by atoms with E-state index in [1.54, 1.807) is 23.4 Å². The number of amides is 2. The molecule has 2 aromatic heterocycles. The molecule has 7 heteroatoms. The molecule has 4 heterocycles. The number of carbonyl (C=O) groups is 2. The molecule has 4 rings (SSSR count). The second kappa shape index (κ2) is 5.49. The minimum atomic E-state index is -0.189. The van der Waals surface area contributed by atoms with Crippen LogP contribution in [0.15, 0.2) is 41.3 Å². The number of pyridine rings is 1. The van der Waals surface area contributed by atoms with Gasteiger partial charge in [-0.25, -0.2) is 0 Å². The largest absolute Gasteiger partial charge is 0.351 e. The Morgan fingerprint density at radius 3 is 2.96 bits per heavy atom. The third kappa shape index (κ3) is 2.38. The van der Waals surface area contributed by atoms with Gasteiger partial charge >= 0.3 is 0 Å². The van der Waals surface area contributed by atoms with Crippen molar-refractivity contribution in [3.05, 3.63) is 48.1 Å². The van der Waals surface area contributed by atoms with Crippen molar-refractivity contribution < 1.29 is 14.1 Å². The first-order valence-corrected chi connectivity index (χ1v) is 7.64. The predicted octanol–water partition coefficient (Wildman–Crippen LogP) is 1.09. The molecule has 0 radical (unpaired) electrons. The SMILES string of the molecule is O=C(c1ccno1)N1CC[C@H]2[C@H]1CC(=O)N2Cc1cccnc1. The number of rotatable bonds is 3. The highest BCUT2D eigenvalue weighted by Gasteiger charge is 2.48. The van der Waals surface area contributed by atoms with Gasteiger partial charge in [-0.2, -0.15) is 0 Å². The maximum absolute atomic E-state index is 12.5. The highest BCUT2D eigenvalue weighted by molar-refractivity contribution is 5.93. The molecule has 0 bridgehead atoms. The van der Waals surface area contributed by atoms with Gasteiger partial charge in [0.05, 0.1) is 18.3 Å². The number of carbonyl (C=O) groups excluding carboxylic acids is 2. The maximum Gasteiger partial charge on any atom is 0.292 e. The van der Waals surface area contributed by atoms with Crippen LogP contribution in [0, 0.1) is 0 Å². The Morgan fingerprint density at radius 1 is 1.30 bits per heavy atom. The lowest BCUT2D eigenvalue weighted by Crippen LogP contribution is -2.39. The molecule has 0 saturated carbocycles. The Balaban J connectivity index is 1.52. The summed E-state index contributed by atoms with van der Waals surface area (Å²) in [7, 11) is 0. The minimum Gasteiger partial charge on any atom is -0.351 e. The normalized spacial score (nSPS) is 23.4. The summed E-state index contributed by atoms with van der Waals surface area (Å²) in [4.78, 5) is 32.6. The second-order valence-corrected chi connectivity index (χ2v) is 5.89. The molecule has 2 fully saturated rings. The molecule has 0 N–H and O–H groups in total. The topological polar surface area (TPSA) is 79.5 Å². The van der Waals surface area contributed by atoms with Gasteiger partial charge in [0.1, 0.15) is 0 Å². The fourth-order valence-electron chi connectivity index (χ4n) is 3.54. The zero-order valence-corrected chi connectivity index (χ0v) is 12.5. The Hall–Kier alpha value is -2.70. The standard InChI is InChI=1S/C16H16N4O3/c21-15-8-13-12(20(15)10-11-2-1-5-17-9-11)4-7-19(13)16(22)14-3-6-18-23-14/h1-3,5-6,9,12-13H,4,7-8,10H2/t12-,13+/m0/s1. The first-order valence-electron chi connectivity index (χ1n) is 7.64. The van der Waals surface area contributed by atoms with Gasteiger partial charge in [0.25, 0.3) is 5.91 Å². The monoisotopic (exact) mass is 312 g/mol. The fraction of sp³-hybridized carbons (Fsp3) is 0.375. The number of fused-ring (bicyclic) bond motifs is 1. The fourth-order valence-corrected chi connectivity index (χ4v) is 3.54. The molecule has 0 aliphatic carbocycles. The molecule has 23 heavy (non-hydrogen) atoms. The summed E-state index contributed by atoms with van der Waals surface area (Å²) in [5.41, 5.74) is 1.00. The summed E-state index contributed by atoms with van der Waals surface area (Å²) >= 11 is 0. The van der Waals surface area contributed by atoms with Crippen LogP contribution in [0.25, 0.3) is 0 Å². The number of likely N-dealkylation sites (tertiary alicyclic amines) is 2. The van der Waals surface area contributed by atoms with Crippen LogP contribution < -0.4 is 0 Å². The molecular formula is C16H16N4O3. The smallest absolute Gasteiger partial charge is 0.292 e. The van der Waals surface area contributed by atoms with E-state index in [-0.39, 0.29) is 29.7 Å². The summed E-state index contributed by atoms with van der Waals surface area (Å²) in [6.07, 6.45) is 6.09. The molecule has 2 aliphatic heterocycles. The van der Waals surface area contributed by atoms with Crippen molar-refractivity contribution >= 4 is 11.8 Å². The van der Waals surface area contributed by atoms with Crippen LogP contribution in [0.3, 0.4) is 0 Å². The van der Waals surface area contributed by atoms with Gasteiger partial charge in [0.15, 0.2) is 0 Å². The third-order valence-electron chi connectivity index (χ3n) is 4.60. The first kappa shape index (κ1) is 13.9. The summed E-state index contributed by atoms with van der Waals surface area (Å²) in [6, 6.07) is 5.35. The van der Waals surface area contributed by atoms with Gasteiger partial charge in [0.2, 0.25) is 11.7 Å². The van der Waals surface area contributed by atoms with E-state index in [4.69, 9.17) is 4.52 Å². The van der Waals surface area contributed by atoms with Crippen LogP contribution in [0.2, 0.25) is 0 Å². The van der Waals surface area contributed by atoms with Crippen molar-refractivity contribution in [2.24, 2.45) is 0 Å². The molecule has 0 unspecified atom stereocenters. The van der Waals surface area contributed by atoms with Crippen molar-refractivity contribution in [3.63, 3.8) is 0 Å².